The molecular weight excluding hydrogens is 266 g/mol. The van der Waals surface area contributed by atoms with Gasteiger partial charge in [-0.25, -0.2) is 4.98 Å². The van der Waals surface area contributed by atoms with E-state index in [2.05, 4.69) is 14.5 Å². The number of aromatic amines is 1. The highest BCUT2D eigenvalue weighted by Gasteiger charge is 2.22. The topological polar surface area (TPSA) is 50.7 Å². The van der Waals surface area contributed by atoms with E-state index >= 15 is 0 Å². The van der Waals surface area contributed by atoms with E-state index in [0.717, 1.165) is 46.0 Å². The molecule has 6 heteroatoms. The number of aromatic nitrogens is 3. The van der Waals surface area contributed by atoms with Gasteiger partial charge in [0.25, 0.3) is 0 Å². The number of nitrogens with zero attached hydrogens (tertiary/aromatic N) is 2. The van der Waals surface area contributed by atoms with Gasteiger partial charge in [0.05, 0.1) is 5.52 Å². The molecule has 0 radical (unpaired) electrons. The Balaban J connectivity index is 2.10. The third-order valence-electron chi connectivity index (χ3n) is 3.43. The van der Waals surface area contributed by atoms with Crippen LogP contribution in [0.15, 0.2) is 12.1 Å². The van der Waals surface area contributed by atoms with Crippen LogP contribution in [0.2, 0.25) is 0 Å². The van der Waals surface area contributed by atoms with E-state index in [0.29, 0.717) is 6.04 Å². The third kappa shape index (κ3) is 2.03. The second-order valence-electron chi connectivity index (χ2n) is 4.70. The summed E-state index contributed by atoms with van der Waals surface area (Å²) in [6.07, 6.45) is 1.84. The zero-order valence-electron chi connectivity index (χ0n) is 10.2. The maximum Gasteiger partial charge on any atom is 0.179 e. The number of nitrogens with one attached hydrogen (secondary N) is 1. The fourth-order valence-electron chi connectivity index (χ4n) is 2.47. The highest BCUT2D eigenvalue weighted by Crippen LogP contribution is 2.26. The molecule has 4 nitrogen and oxygen atoms in total. The van der Waals surface area contributed by atoms with Crippen LogP contribution >= 0.6 is 12.2 Å². The SMILES string of the molecule is Cc1ccc2[nH]c(=S)n(C3CCS(=O)CC3)c2n1. The van der Waals surface area contributed by atoms with Crippen LogP contribution < -0.4 is 0 Å². The number of hydrogen-bond acceptors (Lipinski definition) is 3. The van der Waals surface area contributed by atoms with Crippen molar-refractivity contribution in [1.29, 1.82) is 0 Å². The van der Waals surface area contributed by atoms with Gasteiger partial charge in [0.1, 0.15) is 0 Å². The molecule has 1 saturated heterocycles. The first-order chi connectivity index (χ1) is 8.65. The molecule has 2 aromatic rings. The standard InChI is InChI=1S/C12H15N3OS2/c1-8-2-3-10-11(13-8)15(12(17)14-10)9-4-6-18(16)7-5-9/h2-3,9H,4-7H2,1H3,(H,14,17). The molecule has 3 rings (SSSR count). The highest BCUT2D eigenvalue weighted by molar-refractivity contribution is 7.85. The average molecular weight is 281 g/mol. The lowest BCUT2D eigenvalue weighted by Gasteiger charge is -2.23. The fourth-order valence-corrected chi connectivity index (χ4v) is 4.09. The van der Waals surface area contributed by atoms with Crippen molar-refractivity contribution in [3.8, 4) is 0 Å². The molecule has 0 saturated carbocycles. The van der Waals surface area contributed by atoms with E-state index in [9.17, 15) is 4.21 Å². The third-order valence-corrected chi connectivity index (χ3v) is 5.11. The summed E-state index contributed by atoms with van der Waals surface area (Å²) >= 11 is 5.40. The van der Waals surface area contributed by atoms with E-state index in [4.69, 9.17) is 12.2 Å². The molecule has 0 amide bonds. The Morgan fingerprint density at radius 3 is 2.89 bits per heavy atom. The van der Waals surface area contributed by atoms with Gasteiger partial charge in [-0.15, -0.1) is 0 Å². The molecule has 2 aromatic heterocycles. The smallest absolute Gasteiger partial charge is 0.179 e. The van der Waals surface area contributed by atoms with E-state index in [-0.39, 0.29) is 0 Å². The van der Waals surface area contributed by atoms with E-state index in [1.165, 1.54) is 0 Å². The van der Waals surface area contributed by atoms with E-state index in [1.807, 2.05) is 19.1 Å². The largest absolute Gasteiger partial charge is 0.329 e. The summed E-state index contributed by atoms with van der Waals surface area (Å²) in [6, 6.07) is 4.33. The maximum absolute atomic E-state index is 11.4. The Morgan fingerprint density at radius 1 is 1.44 bits per heavy atom. The van der Waals surface area contributed by atoms with Crippen molar-refractivity contribution >= 4 is 34.2 Å². The molecule has 0 bridgehead atoms. The van der Waals surface area contributed by atoms with Crippen LogP contribution in [0.3, 0.4) is 0 Å². The zero-order valence-corrected chi connectivity index (χ0v) is 11.8. The van der Waals surface area contributed by atoms with Crippen molar-refractivity contribution in [3.05, 3.63) is 22.6 Å². The Labute approximate surface area is 113 Å². The fraction of sp³-hybridized carbons (Fsp3) is 0.500. The van der Waals surface area contributed by atoms with Crippen molar-refractivity contribution in [1.82, 2.24) is 14.5 Å². The van der Waals surface area contributed by atoms with Crippen molar-refractivity contribution in [3.63, 3.8) is 0 Å². The summed E-state index contributed by atoms with van der Waals surface area (Å²) in [6.45, 7) is 1.98. The normalized spacial score (nSPS) is 24.5. The van der Waals surface area contributed by atoms with Gasteiger partial charge in [0.2, 0.25) is 0 Å². The number of H-pyrrole nitrogens is 1. The van der Waals surface area contributed by atoms with E-state index in [1.54, 1.807) is 0 Å². The van der Waals surface area contributed by atoms with Gasteiger partial charge < -0.3 is 4.98 Å². The van der Waals surface area contributed by atoms with Crippen LogP contribution in [0.25, 0.3) is 11.2 Å². The predicted octanol–water partition coefficient (Wildman–Crippen LogP) is 2.49. The van der Waals surface area contributed by atoms with Gasteiger partial charge in [0, 0.05) is 34.0 Å². The summed E-state index contributed by atoms with van der Waals surface area (Å²) in [5.74, 6) is 1.54. The Bertz CT molecular complexity index is 664. The molecule has 0 atom stereocenters. The number of fused-ring (bicyclic) bond motifs is 1. The molecule has 1 aliphatic heterocycles. The summed E-state index contributed by atoms with van der Waals surface area (Å²) in [5, 5.41) is 0. The molecule has 1 aliphatic rings. The highest BCUT2D eigenvalue weighted by atomic mass is 32.2. The predicted molar refractivity (Wildman–Crippen MR) is 75.8 cm³/mol. The first-order valence-corrected chi connectivity index (χ1v) is 7.97. The molecule has 0 unspecified atom stereocenters. The number of rotatable bonds is 1. The van der Waals surface area contributed by atoms with Crippen LogP contribution in [-0.4, -0.2) is 30.2 Å². The minimum absolute atomic E-state index is 0.332. The molecule has 0 aliphatic carbocycles. The van der Waals surface area contributed by atoms with Crippen molar-refractivity contribution < 1.29 is 4.21 Å². The summed E-state index contributed by atoms with van der Waals surface area (Å²) in [5.41, 5.74) is 2.90. The first kappa shape index (κ1) is 12.0. The number of hydrogen-bond donors (Lipinski definition) is 1. The van der Waals surface area contributed by atoms with Crippen LogP contribution in [-0.2, 0) is 10.8 Å². The zero-order chi connectivity index (χ0) is 12.7. The summed E-state index contributed by atoms with van der Waals surface area (Å²) < 4.78 is 14.3. The van der Waals surface area contributed by atoms with Gasteiger partial charge in [-0.2, -0.15) is 0 Å². The van der Waals surface area contributed by atoms with Crippen LogP contribution in [0, 0.1) is 11.7 Å². The lowest BCUT2D eigenvalue weighted by Crippen LogP contribution is -2.22. The number of imidazole rings is 1. The minimum Gasteiger partial charge on any atom is -0.329 e. The summed E-state index contributed by atoms with van der Waals surface area (Å²) in [4.78, 5) is 7.78. The molecule has 18 heavy (non-hydrogen) atoms. The van der Waals surface area contributed by atoms with Crippen molar-refractivity contribution in [2.75, 3.05) is 11.5 Å². The quantitative estimate of drug-likeness (QED) is 0.817. The summed E-state index contributed by atoms with van der Waals surface area (Å²) in [7, 11) is -0.645. The molecule has 0 spiro atoms. The molecule has 96 valence electrons. The molecule has 0 aromatic carbocycles. The van der Waals surface area contributed by atoms with Gasteiger partial charge in [0.15, 0.2) is 10.4 Å². The second kappa shape index (κ2) is 4.59. The van der Waals surface area contributed by atoms with Crippen LogP contribution in [0.4, 0.5) is 0 Å². The second-order valence-corrected chi connectivity index (χ2v) is 6.79. The number of aryl methyl sites for hydroxylation is 1. The van der Waals surface area contributed by atoms with E-state index < -0.39 is 10.8 Å². The van der Waals surface area contributed by atoms with Crippen LogP contribution in [0.5, 0.6) is 0 Å². The van der Waals surface area contributed by atoms with Gasteiger partial charge >= 0.3 is 0 Å². The molecule has 3 heterocycles. The van der Waals surface area contributed by atoms with Gasteiger partial charge in [-0.05, 0) is 44.1 Å². The lowest BCUT2D eigenvalue weighted by molar-refractivity contribution is 0.466. The van der Waals surface area contributed by atoms with Gasteiger partial charge in [-0.1, -0.05) is 0 Å². The Morgan fingerprint density at radius 2 is 2.17 bits per heavy atom. The average Bonchev–Trinajstić information content (AvgIpc) is 2.66. The van der Waals surface area contributed by atoms with Crippen molar-refractivity contribution in [2.24, 2.45) is 0 Å². The minimum atomic E-state index is -0.645. The van der Waals surface area contributed by atoms with Crippen LogP contribution in [0.1, 0.15) is 24.6 Å². The molecule has 1 fully saturated rings. The first-order valence-electron chi connectivity index (χ1n) is 6.08. The maximum atomic E-state index is 11.4. The lowest BCUT2D eigenvalue weighted by atomic mass is 10.1. The Hall–Kier alpha value is -1.01. The monoisotopic (exact) mass is 281 g/mol. The molecular formula is C12H15N3OS2. The van der Waals surface area contributed by atoms with Crippen molar-refractivity contribution in [2.45, 2.75) is 25.8 Å². The van der Waals surface area contributed by atoms with Gasteiger partial charge in [-0.3, -0.25) is 8.78 Å². The Kier molecular flexibility index (Phi) is 3.07. The molecule has 1 N–H and O–H groups in total. The number of pyridine rings is 1.